The van der Waals surface area contributed by atoms with Crippen molar-refractivity contribution < 1.29 is 56.7 Å². The molecule has 0 spiro atoms. The number of aromatic nitrogens is 8. The number of aliphatic hydroxyl groups is 2. The zero-order chi connectivity index (χ0) is 31.8. The molecule has 45 heavy (non-hydrogen) atoms. The molecule has 3 aliphatic heterocycles. The number of phosphoric acid groups is 2. The van der Waals surface area contributed by atoms with Gasteiger partial charge in [-0.05, 0) is 0 Å². The van der Waals surface area contributed by atoms with Gasteiger partial charge < -0.3 is 40.9 Å². The Morgan fingerprint density at radius 3 is 2.18 bits per heavy atom. The molecule has 2 bridgehead atoms. The summed E-state index contributed by atoms with van der Waals surface area (Å²) in [5, 5.41) is 22.1. The molecule has 4 aromatic rings. The third kappa shape index (κ3) is 5.31. The molecule has 3 fully saturated rings. The van der Waals surface area contributed by atoms with Crippen LogP contribution in [0.1, 0.15) is 12.5 Å². The van der Waals surface area contributed by atoms with Crippen LogP contribution in [0, 0.1) is 0 Å². The van der Waals surface area contributed by atoms with Crippen molar-refractivity contribution in [2.75, 3.05) is 24.7 Å². The lowest BCUT2D eigenvalue weighted by molar-refractivity contribution is -0.0672. The summed E-state index contributed by atoms with van der Waals surface area (Å²) < 4.78 is 61.0. The SMILES string of the molecule is Nc1nc2c(ncn2[C@@H]2O[C@@H]3COP(=O)(O)O[C@@H]4C(O)[C@H](n5cnc6c(N)ncnc65)O[C@@H]4COP(=O)(O)O[C@H]2C3O)c(=O)[nH]1. The van der Waals surface area contributed by atoms with E-state index in [0.29, 0.717) is 0 Å². The van der Waals surface area contributed by atoms with Gasteiger partial charge in [-0.25, -0.2) is 29.1 Å². The van der Waals surface area contributed by atoms with Gasteiger partial charge in [-0.3, -0.25) is 37.0 Å². The van der Waals surface area contributed by atoms with E-state index in [2.05, 4.69) is 29.9 Å². The number of imidazole rings is 2. The van der Waals surface area contributed by atoms with E-state index in [1.54, 1.807) is 0 Å². The molecule has 7 rings (SSSR count). The molecule has 3 aliphatic rings. The third-order valence-corrected chi connectivity index (χ3v) is 9.29. The van der Waals surface area contributed by atoms with Crippen LogP contribution in [0.25, 0.3) is 22.3 Å². The Labute approximate surface area is 248 Å². The van der Waals surface area contributed by atoms with Gasteiger partial charge in [-0.1, -0.05) is 0 Å². The molecular weight excluding hydrogens is 650 g/mol. The van der Waals surface area contributed by atoms with Crippen molar-refractivity contribution in [3.63, 3.8) is 0 Å². The predicted molar refractivity (Wildman–Crippen MR) is 143 cm³/mol. The van der Waals surface area contributed by atoms with Crippen LogP contribution in [0.15, 0.2) is 23.8 Å². The molecule has 242 valence electrons. The molecule has 4 aromatic heterocycles. The van der Waals surface area contributed by atoms with Gasteiger partial charge in [0.1, 0.15) is 48.5 Å². The molecule has 9 N–H and O–H groups in total. The van der Waals surface area contributed by atoms with Crippen molar-refractivity contribution in [2.45, 2.75) is 49.1 Å². The van der Waals surface area contributed by atoms with Crippen molar-refractivity contribution in [1.82, 2.24) is 39.0 Å². The molecule has 7 heterocycles. The second-order valence-corrected chi connectivity index (χ2v) is 13.0. The minimum Gasteiger partial charge on any atom is -0.387 e. The minimum atomic E-state index is -5.11. The fraction of sp³-hybridized carbons (Fsp3) is 0.500. The number of phosphoric ester groups is 2. The fourth-order valence-corrected chi connectivity index (χ4v) is 7.19. The molecule has 3 saturated heterocycles. The molecule has 4 unspecified atom stereocenters. The quantitative estimate of drug-likeness (QED) is 0.109. The first-order valence-electron chi connectivity index (χ1n) is 13.0. The number of aromatic amines is 1. The lowest BCUT2D eigenvalue weighted by Gasteiger charge is -2.25. The average Bonchev–Trinajstić information content (AvgIpc) is 3.72. The van der Waals surface area contributed by atoms with E-state index in [1.165, 1.54) is 10.9 Å². The zero-order valence-corrected chi connectivity index (χ0v) is 24.2. The Balaban J connectivity index is 1.21. The van der Waals surface area contributed by atoms with E-state index in [9.17, 15) is 33.9 Å². The number of hydrogen-bond donors (Lipinski definition) is 7. The van der Waals surface area contributed by atoms with Crippen LogP contribution in [0.3, 0.4) is 0 Å². The van der Waals surface area contributed by atoms with E-state index in [1.807, 2.05) is 0 Å². The van der Waals surface area contributed by atoms with E-state index in [-0.39, 0.29) is 34.1 Å². The van der Waals surface area contributed by atoms with Crippen LogP contribution >= 0.6 is 15.6 Å². The largest absolute Gasteiger partial charge is 0.472 e. The highest BCUT2D eigenvalue weighted by Gasteiger charge is 2.54. The second-order valence-electron chi connectivity index (χ2n) is 10.1. The number of H-pyrrole nitrogens is 1. The number of anilines is 2. The Kier molecular flexibility index (Phi) is 7.27. The van der Waals surface area contributed by atoms with Gasteiger partial charge in [0.25, 0.3) is 5.56 Å². The number of nitrogen functional groups attached to an aromatic ring is 2. The van der Waals surface area contributed by atoms with Gasteiger partial charge in [0.2, 0.25) is 5.95 Å². The summed E-state index contributed by atoms with van der Waals surface area (Å²) in [6.07, 6.45) is -9.21. The minimum absolute atomic E-state index is 0.0343. The number of fused-ring (bicyclic) bond motifs is 5. The lowest BCUT2D eigenvalue weighted by Crippen LogP contribution is -2.36. The molecule has 0 amide bonds. The molecule has 0 aliphatic carbocycles. The van der Waals surface area contributed by atoms with Crippen LogP contribution in [-0.2, 0) is 36.7 Å². The van der Waals surface area contributed by atoms with Crippen molar-refractivity contribution in [2.24, 2.45) is 0 Å². The van der Waals surface area contributed by atoms with Crippen LogP contribution in [0.2, 0.25) is 0 Å². The summed E-state index contributed by atoms with van der Waals surface area (Å²) >= 11 is 0. The molecule has 25 heteroatoms. The van der Waals surface area contributed by atoms with Crippen molar-refractivity contribution in [3.05, 3.63) is 29.3 Å². The van der Waals surface area contributed by atoms with Crippen LogP contribution in [-0.4, -0.2) is 109 Å². The van der Waals surface area contributed by atoms with Crippen LogP contribution in [0.4, 0.5) is 11.8 Å². The predicted octanol–water partition coefficient (Wildman–Crippen LogP) is -2.34. The monoisotopic (exact) mass is 674 g/mol. The summed E-state index contributed by atoms with van der Waals surface area (Å²) in [6.45, 7) is -1.65. The Morgan fingerprint density at radius 2 is 1.44 bits per heavy atom. The number of aliphatic hydroxyl groups excluding tert-OH is 2. The molecule has 0 saturated carbocycles. The maximum atomic E-state index is 13.2. The summed E-state index contributed by atoms with van der Waals surface area (Å²) in [7, 11) is -10.2. The first kappa shape index (κ1) is 30.2. The normalized spacial score (nSPS) is 37.7. The highest BCUT2D eigenvalue weighted by atomic mass is 31.2. The second kappa shape index (κ2) is 10.8. The zero-order valence-electron chi connectivity index (χ0n) is 22.4. The summed E-state index contributed by atoms with van der Waals surface area (Å²) in [4.78, 5) is 55.8. The van der Waals surface area contributed by atoms with E-state index in [4.69, 9.17) is 39.0 Å². The topological polar surface area (TPSA) is 330 Å². The number of nitrogens with one attached hydrogen (secondary N) is 1. The standard InChI is InChI=1S/C20H24N10O13P2/c21-14-8-15(24-3-23-14)29(4-25-8)18-11(32)12-7(41-18)2-39-45(36,37)43-13-10(31)6(1-38-44(34,35)42-12)40-19(13)30-5-26-9-16(30)27-20(22)28-17(9)33/h3-7,10-13,18-19,31-32H,1-2H2,(H,34,35)(H,36,37)(H2,21,23,24)(H3,22,27,28,33)/t6-,7-,10?,11?,12+,13+,18-,19-/m1/s1. The number of nitrogens with two attached hydrogens (primary N) is 2. The fourth-order valence-electron chi connectivity index (χ4n) is 5.30. The number of hydrogen-bond acceptors (Lipinski definition) is 18. The highest BCUT2D eigenvalue weighted by molar-refractivity contribution is 7.47. The molecule has 10 atom stereocenters. The summed E-state index contributed by atoms with van der Waals surface area (Å²) in [5.41, 5.74) is 10.8. The van der Waals surface area contributed by atoms with Gasteiger partial charge in [-0.2, -0.15) is 4.98 Å². The van der Waals surface area contributed by atoms with Gasteiger partial charge in [0.15, 0.2) is 35.1 Å². The number of rotatable bonds is 2. The first-order valence-corrected chi connectivity index (χ1v) is 15.9. The molecular formula is C20H24N10O13P2. The maximum absolute atomic E-state index is 13.2. The van der Waals surface area contributed by atoms with Crippen molar-refractivity contribution in [1.29, 1.82) is 0 Å². The van der Waals surface area contributed by atoms with Gasteiger partial charge in [0.05, 0.1) is 25.9 Å². The third-order valence-electron chi connectivity index (χ3n) is 7.32. The Bertz CT molecular complexity index is 1940. The smallest absolute Gasteiger partial charge is 0.387 e. The summed E-state index contributed by atoms with van der Waals surface area (Å²) in [5.74, 6) is -0.250. The van der Waals surface area contributed by atoms with Gasteiger partial charge in [-0.15, -0.1) is 0 Å². The number of nitrogens with zero attached hydrogens (tertiary/aromatic N) is 7. The Morgan fingerprint density at radius 1 is 0.822 bits per heavy atom. The molecule has 0 radical (unpaired) electrons. The average molecular weight is 674 g/mol. The van der Waals surface area contributed by atoms with Crippen LogP contribution in [0.5, 0.6) is 0 Å². The summed E-state index contributed by atoms with van der Waals surface area (Å²) in [6, 6.07) is 0. The molecule has 23 nitrogen and oxygen atoms in total. The van der Waals surface area contributed by atoms with Gasteiger partial charge in [0, 0.05) is 0 Å². The lowest BCUT2D eigenvalue weighted by atomic mass is 10.1. The number of ether oxygens (including phenoxy) is 2. The first-order chi connectivity index (χ1) is 21.3. The van der Waals surface area contributed by atoms with E-state index >= 15 is 0 Å². The molecule has 0 aromatic carbocycles. The highest BCUT2D eigenvalue weighted by Crippen LogP contribution is 2.53. The van der Waals surface area contributed by atoms with Crippen molar-refractivity contribution >= 4 is 49.7 Å². The van der Waals surface area contributed by atoms with E-state index < -0.39 is 83.5 Å². The van der Waals surface area contributed by atoms with Gasteiger partial charge >= 0.3 is 15.6 Å². The maximum Gasteiger partial charge on any atom is 0.472 e. The van der Waals surface area contributed by atoms with Crippen LogP contribution < -0.4 is 17.0 Å². The van der Waals surface area contributed by atoms with Crippen molar-refractivity contribution in [3.8, 4) is 0 Å². The Hall–Kier alpha value is -3.44. The van der Waals surface area contributed by atoms with E-state index in [0.717, 1.165) is 17.2 Å².